The first-order valence-corrected chi connectivity index (χ1v) is 11.5. The van der Waals surface area contributed by atoms with Crippen LogP contribution < -0.4 is 10.9 Å². The van der Waals surface area contributed by atoms with E-state index in [-0.39, 0.29) is 5.56 Å². The molecule has 0 saturated heterocycles. The fraction of sp³-hybridized carbons (Fsp3) is 0.200. The average Bonchev–Trinajstić information content (AvgIpc) is 3.23. The molecule has 158 valence electrons. The molecule has 0 spiro atoms. The highest BCUT2D eigenvalue weighted by molar-refractivity contribution is 7.80. The molecule has 0 atom stereocenters. The fourth-order valence-corrected chi connectivity index (χ4v) is 4.59. The second kappa shape index (κ2) is 9.04. The van der Waals surface area contributed by atoms with E-state index in [1.807, 2.05) is 35.2 Å². The zero-order chi connectivity index (χ0) is 22.0. The van der Waals surface area contributed by atoms with Crippen molar-refractivity contribution in [1.29, 1.82) is 0 Å². The molecule has 0 aliphatic heterocycles. The third-order valence-electron chi connectivity index (χ3n) is 5.28. The number of thiophene rings is 1. The quantitative estimate of drug-likeness (QED) is 0.373. The topological polar surface area (TPSA) is 48.1 Å². The molecule has 4 aromatic rings. The van der Waals surface area contributed by atoms with Crippen LogP contribution >= 0.6 is 23.6 Å². The highest BCUT2D eigenvalue weighted by Crippen LogP contribution is 2.20. The SMILES string of the molecule is Cc1ccc(NC(=S)N(Cc2cccs2)Cc2cc3cc(C)ccc3[nH]c2=O)c(C)c1. The second-order valence-corrected chi connectivity index (χ2v) is 9.32. The van der Waals surface area contributed by atoms with Gasteiger partial charge in [0.05, 0.1) is 13.1 Å². The molecule has 0 bridgehead atoms. The van der Waals surface area contributed by atoms with Gasteiger partial charge in [-0.25, -0.2) is 0 Å². The van der Waals surface area contributed by atoms with Gasteiger partial charge >= 0.3 is 0 Å². The number of nitrogens with one attached hydrogen (secondary N) is 2. The van der Waals surface area contributed by atoms with Crippen molar-refractivity contribution in [3.05, 3.63) is 97.5 Å². The number of pyridine rings is 1. The predicted octanol–water partition coefficient (Wildman–Crippen LogP) is 5.91. The van der Waals surface area contributed by atoms with Crippen LogP contribution in [0.25, 0.3) is 10.9 Å². The number of aromatic nitrogens is 1. The van der Waals surface area contributed by atoms with Crippen LogP contribution in [0.4, 0.5) is 5.69 Å². The van der Waals surface area contributed by atoms with E-state index in [4.69, 9.17) is 12.2 Å². The first kappa shape index (κ1) is 21.3. The molecule has 6 heteroatoms. The number of benzene rings is 2. The molecule has 2 aromatic carbocycles. The molecule has 0 aliphatic carbocycles. The summed E-state index contributed by atoms with van der Waals surface area (Å²) in [6, 6.07) is 18.4. The van der Waals surface area contributed by atoms with Gasteiger partial charge in [-0.1, -0.05) is 35.4 Å². The smallest absolute Gasteiger partial charge is 0.253 e. The van der Waals surface area contributed by atoms with Crippen LogP contribution in [0.1, 0.15) is 27.1 Å². The van der Waals surface area contributed by atoms with Crippen molar-refractivity contribution in [3.8, 4) is 0 Å². The van der Waals surface area contributed by atoms with E-state index in [1.165, 1.54) is 10.4 Å². The molecule has 2 N–H and O–H groups in total. The average molecular weight is 448 g/mol. The second-order valence-electron chi connectivity index (χ2n) is 7.90. The molecule has 0 unspecified atom stereocenters. The molecule has 4 nitrogen and oxygen atoms in total. The number of hydrogen-bond acceptors (Lipinski definition) is 3. The number of anilines is 1. The number of rotatable bonds is 5. The van der Waals surface area contributed by atoms with Gasteiger partial charge in [0.1, 0.15) is 0 Å². The van der Waals surface area contributed by atoms with E-state index < -0.39 is 0 Å². The zero-order valence-electron chi connectivity index (χ0n) is 17.9. The maximum Gasteiger partial charge on any atom is 0.253 e. The Balaban J connectivity index is 1.65. The molecule has 2 aromatic heterocycles. The minimum absolute atomic E-state index is 0.0816. The van der Waals surface area contributed by atoms with Gasteiger partial charge in [0.15, 0.2) is 5.11 Å². The van der Waals surface area contributed by atoms with E-state index in [9.17, 15) is 4.79 Å². The molecule has 0 amide bonds. The van der Waals surface area contributed by atoms with Gasteiger partial charge in [-0.2, -0.15) is 0 Å². The maximum absolute atomic E-state index is 12.8. The molecule has 2 heterocycles. The van der Waals surface area contributed by atoms with Crippen LogP contribution in [0.2, 0.25) is 0 Å². The lowest BCUT2D eigenvalue weighted by Gasteiger charge is -2.26. The summed E-state index contributed by atoms with van der Waals surface area (Å²) >= 11 is 7.47. The van der Waals surface area contributed by atoms with Crippen molar-refractivity contribution < 1.29 is 0 Å². The number of aryl methyl sites for hydroxylation is 3. The van der Waals surface area contributed by atoms with Gasteiger partial charge in [-0.05, 0) is 79.7 Å². The van der Waals surface area contributed by atoms with Gasteiger partial charge in [0.2, 0.25) is 0 Å². The Labute approximate surface area is 191 Å². The third-order valence-corrected chi connectivity index (χ3v) is 6.50. The number of nitrogens with zero attached hydrogens (tertiary/aromatic N) is 1. The third kappa shape index (κ3) is 5.03. The van der Waals surface area contributed by atoms with Crippen molar-refractivity contribution in [1.82, 2.24) is 9.88 Å². The first-order chi connectivity index (χ1) is 14.9. The Kier molecular flexibility index (Phi) is 6.20. The number of H-pyrrole nitrogens is 1. The molecule has 0 fully saturated rings. The van der Waals surface area contributed by atoms with E-state index in [1.54, 1.807) is 11.3 Å². The molecule has 0 aliphatic rings. The van der Waals surface area contributed by atoms with Crippen LogP contribution in [0.3, 0.4) is 0 Å². The first-order valence-electron chi connectivity index (χ1n) is 10.2. The normalized spacial score (nSPS) is 10.9. The highest BCUT2D eigenvalue weighted by atomic mass is 32.1. The Morgan fingerprint density at radius 2 is 1.81 bits per heavy atom. The summed E-state index contributed by atoms with van der Waals surface area (Å²) in [7, 11) is 0. The number of fused-ring (bicyclic) bond motifs is 1. The fourth-order valence-electron chi connectivity index (χ4n) is 3.63. The Hall–Kier alpha value is -2.96. The van der Waals surface area contributed by atoms with Gasteiger partial charge in [0.25, 0.3) is 5.56 Å². The Bertz CT molecular complexity index is 1290. The van der Waals surface area contributed by atoms with Gasteiger partial charge in [-0.15, -0.1) is 11.3 Å². The van der Waals surface area contributed by atoms with Crippen LogP contribution in [0.15, 0.2) is 64.8 Å². The van der Waals surface area contributed by atoms with Crippen molar-refractivity contribution in [2.45, 2.75) is 33.9 Å². The molecule has 31 heavy (non-hydrogen) atoms. The minimum Gasteiger partial charge on any atom is -0.339 e. The van der Waals surface area contributed by atoms with E-state index in [0.29, 0.717) is 23.8 Å². The van der Waals surface area contributed by atoms with Crippen molar-refractivity contribution in [2.75, 3.05) is 5.32 Å². The van der Waals surface area contributed by atoms with Gasteiger partial charge < -0.3 is 15.2 Å². The summed E-state index contributed by atoms with van der Waals surface area (Å²) in [5.41, 5.74) is 5.95. The monoisotopic (exact) mass is 447 g/mol. The van der Waals surface area contributed by atoms with Crippen LogP contribution in [0, 0.1) is 20.8 Å². The summed E-state index contributed by atoms with van der Waals surface area (Å²) in [6.45, 7) is 7.26. The van der Waals surface area contributed by atoms with Crippen LogP contribution in [0.5, 0.6) is 0 Å². The Morgan fingerprint density at radius 3 is 2.55 bits per heavy atom. The largest absolute Gasteiger partial charge is 0.339 e. The molecular formula is C25H25N3OS2. The van der Waals surface area contributed by atoms with E-state index in [0.717, 1.165) is 27.7 Å². The summed E-state index contributed by atoms with van der Waals surface area (Å²) < 4.78 is 0. The van der Waals surface area contributed by atoms with Crippen LogP contribution in [-0.4, -0.2) is 15.0 Å². The lowest BCUT2D eigenvalue weighted by atomic mass is 10.1. The zero-order valence-corrected chi connectivity index (χ0v) is 19.5. The standard InChI is InChI=1S/C25H25N3OS2/c1-16-6-8-22(18(3)11-16)27-25(30)28(15-21-5-4-10-31-21)14-20-13-19-12-17(2)7-9-23(19)26-24(20)29/h4-13H,14-15H2,1-3H3,(H,26,29)(H,27,30). The number of thiocarbonyl (C=S) groups is 1. The van der Waals surface area contributed by atoms with Crippen LogP contribution in [-0.2, 0) is 13.1 Å². The van der Waals surface area contributed by atoms with Crippen molar-refractivity contribution in [2.24, 2.45) is 0 Å². The minimum atomic E-state index is -0.0816. The molecule has 4 rings (SSSR count). The molecule has 0 radical (unpaired) electrons. The molecular weight excluding hydrogens is 422 g/mol. The summed E-state index contributed by atoms with van der Waals surface area (Å²) in [5, 5.41) is 7.07. The molecule has 0 saturated carbocycles. The van der Waals surface area contributed by atoms with E-state index >= 15 is 0 Å². The lowest BCUT2D eigenvalue weighted by Crippen LogP contribution is -2.35. The highest BCUT2D eigenvalue weighted by Gasteiger charge is 2.15. The number of hydrogen-bond donors (Lipinski definition) is 2. The van der Waals surface area contributed by atoms with Gasteiger partial charge in [-0.3, -0.25) is 4.79 Å². The summed E-state index contributed by atoms with van der Waals surface area (Å²) in [5.74, 6) is 0. The van der Waals surface area contributed by atoms with Gasteiger partial charge in [0, 0.05) is 21.6 Å². The predicted molar refractivity (Wildman–Crippen MR) is 135 cm³/mol. The Morgan fingerprint density at radius 1 is 1.03 bits per heavy atom. The summed E-state index contributed by atoms with van der Waals surface area (Å²) in [4.78, 5) is 19.0. The number of aromatic amines is 1. The summed E-state index contributed by atoms with van der Waals surface area (Å²) in [6.07, 6.45) is 0. The van der Waals surface area contributed by atoms with Crippen molar-refractivity contribution >= 4 is 45.3 Å². The maximum atomic E-state index is 12.8. The lowest BCUT2D eigenvalue weighted by molar-refractivity contribution is 0.415. The van der Waals surface area contributed by atoms with Crippen molar-refractivity contribution in [3.63, 3.8) is 0 Å². The van der Waals surface area contributed by atoms with E-state index in [2.05, 4.69) is 60.7 Å².